The molecule has 0 amide bonds. The van der Waals surface area contributed by atoms with Gasteiger partial charge in [-0.25, -0.2) is 0 Å². The topological polar surface area (TPSA) is 12.0 Å². The zero-order valence-electron chi connectivity index (χ0n) is 11.3. The van der Waals surface area contributed by atoms with Crippen LogP contribution in [-0.4, -0.2) is 12.6 Å². The van der Waals surface area contributed by atoms with Crippen molar-refractivity contribution in [1.29, 1.82) is 0 Å². The molecule has 94 valence electrons. The summed E-state index contributed by atoms with van der Waals surface area (Å²) in [5.74, 6) is 4.16. The van der Waals surface area contributed by atoms with Crippen molar-refractivity contribution in [3.05, 3.63) is 0 Å². The highest BCUT2D eigenvalue weighted by molar-refractivity contribution is 4.91. The maximum atomic E-state index is 3.65. The van der Waals surface area contributed by atoms with Gasteiger partial charge in [-0.2, -0.15) is 0 Å². The van der Waals surface area contributed by atoms with E-state index in [1.165, 1.54) is 12.8 Å². The average Bonchev–Trinajstić information content (AvgIpc) is 2.87. The lowest BCUT2D eigenvalue weighted by Crippen LogP contribution is -2.35. The monoisotopic (exact) mass is 223 g/mol. The minimum Gasteiger partial charge on any atom is -0.314 e. The lowest BCUT2D eigenvalue weighted by Gasteiger charge is -2.29. The van der Waals surface area contributed by atoms with E-state index in [9.17, 15) is 0 Å². The van der Waals surface area contributed by atoms with Gasteiger partial charge in [-0.15, -0.1) is 0 Å². The first-order valence-electron chi connectivity index (χ1n) is 7.47. The Labute approximate surface area is 101 Å². The van der Waals surface area contributed by atoms with Gasteiger partial charge in [-0.1, -0.05) is 27.2 Å². The summed E-state index contributed by atoms with van der Waals surface area (Å²) in [4.78, 5) is 0. The summed E-state index contributed by atoms with van der Waals surface area (Å²) >= 11 is 0. The van der Waals surface area contributed by atoms with E-state index in [0.29, 0.717) is 0 Å². The predicted molar refractivity (Wildman–Crippen MR) is 70.5 cm³/mol. The smallest absolute Gasteiger partial charge is 0.00900 e. The SMILES string of the molecule is CCNC(CC)C(C)CC1CC2CCC1C2. The third-order valence-corrected chi connectivity index (χ3v) is 5.15. The second kappa shape index (κ2) is 5.53. The summed E-state index contributed by atoms with van der Waals surface area (Å²) in [6.45, 7) is 8.14. The van der Waals surface area contributed by atoms with Crippen LogP contribution in [0.15, 0.2) is 0 Å². The molecule has 16 heavy (non-hydrogen) atoms. The summed E-state index contributed by atoms with van der Waals surface area (Å²) in [7, 11) is 0. The van der Waals surface area contributed by atoms with Gasteiger partial charge in [0, 0.05) is 6.04 Å². The van der Waals surface area contributed by atoms with Crippen molar-refractivity contribution in [3.8, 4) is 0 Å². The summed E-state index contributed by atoms with van der Waals surface area (Å²) in [6.07, 6.45) is 8.97. The molecule has 2 aliphatic carbocycles. The zero-order valence-corrected chi connectivity index (χ0v) is 11.3. The Kier molecular flexibility index (Phi) is 4.29. The molecule has 0 aromatic rings. The molecule has 2 fully saturated rings. The van der Waals surface area contributed by atoms with E-state index >= 15 is 0 Å². The maximum Gasteiger partial charge on any atom is 0.00900 e. The van der Waals surface area contributed by atoms with Crippen molar-refractivity contribution >= 4 is 0 Å². The van der Waals surface area contributed by atoms with Crippen molar-refractivity contribution in [1.82, 2.24) is 5.32 Å². The first-order valence-corrected chi connectivity index (χ1v) is 7.47. The van der Waals surface area contributed by atoms with Crippen molar-refractivity contribution in [3.63, 3.8) is 0 Å². The molecule has 0 saturated heterocycles. The van der Waals surface area contributed by atoms with Crippen LogP contribution in [0.2, 0.25) is 0 Å². The molecule has 0 spiro atoms. The van der Waals surface area contributed by atoms with Gasteiger partial charge < -0.3 is 5.32 Å². The molecule has 2 rings (SSSR count). The number of hydrogen-bond donors (Lipinski definition) is 1. The predicted octanol–water partition coefficient (Wildman–Crippen LogP) is 3.84. The molecule has 1 heteroatoms. The fourth-order valence-corrected chi connectivity index (χ4v) is 4.32. The Bertz CT molecular complexity index is 213. The second-order valence-electron chi connectivity index (χ2n) is 6.22. The van der Waals surface area contributed by atoms with Crippen LogP contribution in [0.3, 0.4) is 0 Å². The molecule has 2 aliphatic rings. The molecule has 5 atom stereocenters. The lowest BCUT2D eigenvalue weighted by molar-refractivity contribution is 0.239. The van der Waals surface area contributed by atoms with Crippen LogP contribution in [0.1, 0.15) is 59.3 Å². The van der Waals surface area contributed by atoms with Crippen molar-refractivity contribution in [2.45, 2.75) is 65.3 Å². The van der Waals surface area contributed by atoms with Gasteiger partial charge >= 0.3 is 0 Å². The first kappa shape index (κ1) is 12.4. The quantitative estimate of drug-likeness (QED) is 0.721. The average molecular weight is 223 g/mol. The van der Waals surface area contributed by atoms with Gasteiger partial charge in [0.25, 0.3) is 0 Å². The van der Waals surface area contributed by atoms with Gasteiger partial charge in [0.2, 0.25) is 0 Å². The number of hydrogen-bond acceptors (Lipinski definition) is 1. The highest BCUT2D eigenvalue weighted by Gasteiger charge is 2.40. The molecule has 1 nitrogen and oxygen atoms in total. The van der Waals surface area contributed by atoms with E-state index in [-0.39, 0.29) is 0 Å². The first-order chi connectivity index (χ1) is 7.74. The van der Waals surface area contributed by atoms with Crippen molar-refractivity contribution in [2.75, 3.05) is 6.54 Å². The summed E-state index contributed by atoms with van der Waals surface area (Å²) in [5, 5.41) is 3.65. The van der Waals surface area contributed by atoms with Crippen LogP contribution >= 0.6 is 0 Å². The minimum atomic E-state index is 0.754. The summed E-state index contributed by atoms with van der Waals surface area (Å²) in [6, 6.07) is 0.754. The highest BCUT2D eigenvalue weighted by Crippen LogP contribution is 2.50. The molecule has 2 bridgehead atoms. The van der Waals surface area contributed by atoms with E-state index in [4.69, 9.17) is 0 Å². The lowest BCUT2D eigenvalue weighted by atomic mass is 9.80. The summed E-state index contributed by atoms with van der Waals surface area (Å²) in [5.41, 5.74) is 0. The van der Waals surface area contributed by atoms with Crippen LogP contribution in [0.25, 0.3) is 0 Å². The molecule has 1 N–H and O–H groups in total. The van der Waals surface area contributed by atoms with Crippen LogP contribution in [0.5, 0.6) is 0 Å². The van der Waals surface area contributed by atoms with Gasteiger partial charge in [-0.05, 0) is 62.3 Å². The van der Waals surface area contributed by atoms with E-state index < -0.39 is 0 Å². The fourth-order valence-electron chi connectivity index (χ4n) is 4.32. The number of rotatable bonds is 6. The van der Waals surface area contributed by atoms with Crippen LogP contribution < -0.4 is 5.32 Å². The molecule has 0 aliphatic heterocycles. The Hall–Kier alpha value is -0.0400. The third kappa shape index (κ3) is 2.61. The standard InChI is InChI=1S/C15H29N/c1-4-15(16-5-2)11(3)8-14-10-12-6-7-13(14)9-12/h11-16H,4-10H2,1-3H3. The van der Waals surface area contributed by atoms with Crippen molar-refractivity contribution < 1.29 is 0 Å². The molecule has 0 radical (unpaired) electrons. The van der Waals surface area contributed by atoms with Gasteiger partial charge in [0.15, 0.2) is 0 Å². The minimum absolute atomic E-state index is 0.754. The Balaban J connectivity index is 1.79. The maximum absolute atomic E-state index is 3.65. The van der Waals surface area contributed by atoms with Crippen LogP contribution in [0, 0.1) is 23.7 Å². The zero-order chi connectivity index (χ0) is 11.5. The van der Waals surface area contributed by atoms with Gasteiger partial charge in [0.1, 0.15) is 0 Å². The molecule has 0 heterocycles. The van der Waals surface area contributed by atoms with Gasteiger partial charge in [-0.3, -0.25) is 0 Å². The Morgan fingerprint density at radius 1 is 1.19 bits per heavy atom. The van der Waals surface area contributed by atoms with E-state index in [1.807, 2.05) is 0 Å². The van der Waals surface area contributed by atoms with Crippen LogP contribution in [0.4, 0.5) is 0 Å². The second-order valence-corrected chi connectivity index (χ2v) is 6.22. The number of fused-ring (bicyclic) bond motifs is 2. The Morgan fingerprint density at radius 2 is 2.00 bits per heavy atom. The molecule has 0 aromatic heterocycles. The Morgan fingerprint density at radius 3 is 2.50 bits per heavy atom. The molecular formula is C15H29N. The summed E-state index contributed by atoms with van der Waals surface area (Å²) < 4.78 is 0. The molecule has 5 unspecified atom stereocenters. The normalized spacial score (nSPS) is 36.6. The van der Waals surface area contributed by atoms with E-state index in [1.54, 1.807) is 25.7 Å². The van der Waals surface area contributed by atoms with Crippen LogP contribution in [-0.2, 0) is 0 Å². The molecule has 2 saturated carbocycles. The van der Waals surface area contributed by atoms with Crippen molar-refractivity contribution in [2.24, 2.45) is 23.7 Å². The highest BCUT2D eigenvalue weighted by atomic mass is 14.9. The third-order valence-electron chi connectivity index (χ3n) is 5.15. The van der Waals surface area contributed by atoms with E-state index in [0.717, 1.165) is 36.3 Å². The number of nitrogens with one attached hydrogen (secondary N) is 1. The van der Waals surface area contributed by atoms with Gasteiger partial charge in [0.05, 0.1) is 0 Å². The largest absolute Gasteiger partial charge is 0.314 e. The molecular weight excluding hydrogens is 194 g/mol. The fraction of sp³-hybridized carbons (Fsp3) is 1.00. The van der Waals surface area contributed by atoms with E-state index in [2.05, 4.69) is 26.1 Å². The molecule has 0 aromatic carbocycles.